The molecule has 2 aromatic carbocycles. The number of carbonyl (C=O) groups is 1. The molecule has 0 radical (unpaired) electrons. The normalized spacial score (nSPS) is 17.2. The fourth-order valence-electron chi connectivity index (χ4n) is 3.29. The summed E-state index contributed by atoms with van der Waals surface area (Å²) in [4.78, 5) is 20.2. The molecule has 2 heterocycles. The summed E-state index contributed by atoms with van der Waals surface area (Å²) in [5.41, 5.74) is 2.70. The zero-order valence-corrected chi connectivity index (χ0v) is 16.0. The monoisotopic (exact) mass is 391 g/mol. The van der Waals surface area contributed by atoms with Crippen molar-refractivity contribution < 1.29 is 14.6 Å². The van der Waals surface area contributed by atoms with Gasteiger partial charge in [0.05, 0.1) is 18.5 Å². The Morgan fingerprint density at radius 2 is 2.03 bits per heavy atom. The molecule has 29 heavy (non-hydrogen) atoms. The number of aliphatic hydroxyl groups is 1. The number of imidazole rings is 1. The van der Waals surface area contributed by atoms with Gasteiger partial charge in [0, 0.05) is 23.6 Å². The Hall–Kier alpha value is -3.65. The molecule has 1 amide bonds. The first-order valence-electron chi connectivity index (χ1n) is 9.14. The maximum Gasteiger partial charge on any atom is 0.260 e. The van der Waals surface area contributed by atoms with Crippen LogP contribution in [0.3, 0.4) is 0 Å². The minimum atomic E-state index is -1.12. The molecule has 1 aliphatic heterocycles. The van der Waals surface area contributed by atoms with Crippen LogP contribution in [0.15, 0.2) is 66.0 Å². The number of benzene rings is 2. The maximum absolute atomic E-state index is 12.9. The van der Waals surface area contributed by atoms with Gasteiger partial charge in [0.25, 0.3) is 5.91 Å². The van der Waals surface area contributed by atoms with E-state index in [0.717, 1.165) is 11.4 Å². The molecule has 0 fully saturated rings. The van der Waals surface area contributed by atoms with Crippen LogP contribution in [0.25, 0.3) is 11.4 Å². The Morgan fingerprint density at radius 3 is 2.72 bits per heavy atom. The highest BCUT2D eigenvalue weighted by Gasteiger charge is 2.39. The first kappa shape index (κ1) is 18.7. The number of rotatable bonds is 6. The number of aliphatic hydroxyl groups excluding tert-OH is 1. The molecule has 3 N–H and O–H groups in total. The van der Waals surface area contributed by atoms with E-state index in [1.165, 1.54) is 5.01 Å². The van der Waals surface area contributed by atoms with Crippen molar-refractivity contribution in [2.24, 2.45) is 11.0 Å². The van der Waals surface area contributed by atoms with Crippen LogP contribution in [0.2, 0.25) is 0 Å². The number of nitrogens with zero attached hydrogens (tertiary/aromatic N) is 3. The van der Waals surface area contributed by atoms with E-state index in [-0.39, 0.29) is 5.91 Å². The molecule has 0 saturated carbocycles. The third-order valence-corrected chi connectivity index (χ3v) is 4.76. The zero-order chi connectivity index (χ0) is 20.4. The topological polar surface area (TPSA) is 103 Å². The first-order valence-corrected chi connectivity index (χ1v) is 9.14. The lowest BCUT2D eigenvalue weighted by atomic mass is 10.0. The second kappa shape index (κ2) is 7.76. The molecule has 0 saturated heterocycles. The van der Waals surface area contributed by atoms with E-state index in [2.05, 4.69) is 20.4 Å². The Morgan fingerprint density at radius 1 is 1.24 bits per heavy atom. The number of hydrazone groups is 1. The average Bonchev–Trinajstić information content (AvgIpc) is 3.36. The van der Waals surface area contributed by atoms with Crippen molar-refractivity contribution in [3.63, 3.8) is 0 Å². The molecular formula is C21H21N5O3. The van der Waals surface area contributed by atoms with Gasteiger partial charge in [-0.3, -0.25) is 4.79 Å². The highest BCUT2D eigenvalue weighted by molar-refractivity contribution is 6.15. The van der Waals surface area contributed by atoms with Crippen molar-refractivity contribution in [3.8, 4) is 17.1 Å². The van der Waals surface area contributed by atoms with Crippen LogP contribution in [0, 0.1) is 5.92 Å². The molecule has 3 aromatic rings. The van der Waals surface area contributed by atoms with Crippen LogP contribution < -0.4 is 15.1 Å². The number of anilines is 2. The minimum absolute atomic E-state index is 0.296. The largest absolute Gasteiger partial charge is 0.497 e. The molecule has 2 atom stereocenters. The maximum atomic E-state index is 12.9. The van der Waals surface area contributed by atoms with E-state index in [4.69, 9.17) is 4.74 Å². The Labute approximate surface area is 167 Å². The zero-order valence-electron chi connectivity index (χ0n) is 16.0. The summed E-state index contributed by atoms with van der Waals surface area (Å²) in [6.45, 7) is 1.73. The Bertz CT molecular complexity index is 1030. The molecule has 1 aromatic heterocycles. The lowest BCUT2D eigenvalue weighted by molar-refractivity contribution is -0.121. The van der Waals surface area contributed by atoms with Crippen LogP contribution in [0.5, 0.6) is 5.75 Å². The SMILES string of the molecule is COc1ccc(N2N=C(C)C(C(O)Nc3cccc(-c4ncc[nH]4)c3)C2=O)cc1. The Kier molecular flexibility index (Phi) is 5.01. The third-order valence-electron chi connectivity index (χ3n) is 4.76. The lowest BCUT2D eigenvalue weighted by Crippen LogP contribution is -2.39. The molecule has 2 unspecified atom stereocenters. The number of aromatic amines is 1. The molecule has 1 aliphatic rings. The number of aromatic nitrogens is 2. The summed E-state index contributed by atoms with van der Waals surface area (Å²) in [6, 6.07) is 14.5. The van der Waals surface area contributed by atoms with Gasteiger partial charge in [-0.1, -0.05) is 12.1 Å². The predicted molar refractivity (Wildman–Crippen MR) is 111 cm³/mol. The smallest absolute Gasteiger partial charge is 0.260 e. The molecule has 8 heteroatoms. The second-order valence-corrected chi connectivity index (χ2v) is 6.67. The number of nitrogens with one attached hydrogen (secondary N) is 2. The van der Waals surface area contributed by atoms with Gasteiger partial charge in [0.1, 0.15) is 23.7 Å². The molecule has 0 bridgehead atoms. The quantitative estimate of drug-likeness (QED) is 0.561. The minimum Gasteiger partial charge on any atom is -0.497 e. The van der Waals surface area contributed by atoms with Crippen molar-refractivity contribution in [1.82, 2.24) is 9.97 Å². The summed E-state index contributed by atoms with van der Waals surface area (Å²) in [7, 11) is 1.58. The molecule has 148 valence electrons. The summed E-state index contributed by atoms with van der Waals surface area (Å²) in [5, 5.41) is 19.4. The van der Waals surface area contributed by atoms with Gasteiger partial charge in [-0.25, -0.2) is 9.99 Å². The van der Waals surface area contributed by atoms with Crippen LogP contribution in [0.1, 0.15) is 6.92 Å². The van der Waals surface area contributed by atoms with Crippen molar-refractivity contribution in [3.05, 3.63) is 60.9 Å². The van der Waals surface area contributed by atoms with E-state index in [0.29, 0.717) is 22.8 Å². The summed E-state index contributed by atoms with van der Waals surface area (Å²) in [5.74, 6) is 0.332. The first-order chi connectivity index (χ1) is 14.1. The summed E-state index contributed by atoms with van der Waals surface area (Å²) in [6.07, 6.45) is 2.30. The number of hydrogen-bond acceptors (Lipinski definition) is 6. The van der Waals surface area contributed by atoms with Crippen LogP contribution in [0.4, 0.5) is 11.4 Å². The molecular weight excluding hydrogens is 370 g/mol. The van der Waals surface area contributed by atoms with Gasteiger partial charge >= 0.3 is 0 Å². The predicted octanol–water partition coefficient (Wildman–Crippen LogP) is 2.85. The number of ether oxygens (including phenoxy) is 1. The fraction of sp³-hybridized carbons (Fsp3) is 0.190. The molecule has 8 nitrogen and oxygen atoms in total. The van der Waals surface area contributed by atoms with Gasteiger partial charge in [0.15, 0.2) is 0 Å². The number of amides is 1. The summed E-state index contributed by atoms with van der Waals surface area (Å²) >= 11 is 0. The third kappa shape index (κ3) is 3.70. The van der Waals surface area contributed by atoms with E-state index < -0.39 is 12.1 Å². The van der Waals surface area contributed by atoms with Gasteiger partial charge in [-0.15, -0.1) is 0 Å². The average molecular weight is 391 g/mol. The molecule has 0 aliphatic carbocycles. The van der Waals surface area contributed by atoms with E-state index in [9.17, 15) is 9.90 Å². The second-order valence-electron chi connectivity index (χ2n) is 6.67. The van der Waals surface area contributed by atoms with E-state index in [1.54, 1.807) is 50.7 Å². The van der Waals surface area contributed by atoms with Crippen molar-refractivity contribution in [2.45, 2.75) is 13.2 Å². The van der Waals surface area contributed by atoms with Gasteiger partial charge in [-0.2, -0.15) is 5.10 Å². The molecule has 4 rings (SSSR count). The van der Waals surface area contributed by atoms with E-state index >= 15 is 0 Å². The number of H-pyrrole nitrogens is 1. The van der Waals surface area contributed by atoms with Crippen LogP contribution in [-0.4, -0.2) is 40.0 Å². The Balaban J connectivity index is 1.50. The van der Waals surface area contributed by atoms with Crippen molar-refractivity contribution >= 4 is 23.0 Å². The van der Waals surface area contributed by atoms with Crippen LogP contribution >= 0.6 is 0 Å². The number of carbonyl (C=O) groups excluding carboxylic acids is 1. The fourth-order valence-corrected chi connectivity index (χ4v) is 3.29. The lowest BCUT2D eigenvalue weighted by Gasteiger charge is -2.21. The van der Waals surface area contributed by atoms with Crippen molar-refractivity contribution in [2.75, 3.05) is 17.4 Å². The van der Waals surface area contributed by atoms with E-state index in [1.807, 2.05) is 24.3 Å². The standard InChI is InChI=1S/C21H21N5O3/c1-13-18(21(28)26(25-13)16-6-8-17(29-2)9-7-16)20(27)24-15-5-3-4-14(12-15)19-22-10-11-23-19/h3-12,18,20,24,27H,1-2H3,(H,22,23). The highest BCUT2D eigenvalue weighted by Crippen LogP contribution is 2.28. The summed E-state index contributed by atoms with van der Waals surface area (Å²) < 4.78 is 5.15. The number of methoxy groups -OCH3 is 1. The van der Waals surface area contributed by atoms with Crippen LogP contribution in [-0.2, 0) is 4.79 Å². The molecule has 0 spiro atoms. The van der Waals surface area contributed by atoms with Crippen molar-refractivity contribution in [1.29, 1.82) is 0 Å². The highest BCUT2D eigenvalue weighted by atomic mass is 16.5. The van der Waals surface area contributed by atoms with Gasteiger partial charge in [0.2, 0.25) is 0 Å². The van der Waals surface area contributed by atoms with Gasteiger partial charge in [-0.05, 0) is 43.3 Å². The number of hydrogen-bond donors (Lipinski definition) is 3. The van der Waals surface area contributed by atoms with Gasteiger partial charge < -0.3 is 20.1 Å².